The molecule has 1 fully saturated rings. The number of carboxylic acids is 1. The van der Waals surface area contributed by atoms with Crippen LogP contribution in [0.1, 0.15) is 12.1 Å². The number of thiazole rings is 1. The number of anilines is 1. The highest BCUT2D eigenvalue weighted by molar-refractivity contribution is 8.00. The number of amides is 1. The molecule has 0 radical (unpaired) electrons. The topological polar surface area (TPSA) is 146 Å². The van der Waals surface area contributed by atoms with Gasteiger partial charge in [0.2, 0.25) is 5.91 Å². The number of aromatic nitrogens is 1. The highest BCUT2D eigenvalue weighted by atomic mass is 32.2. The Kier molecular flexibility index (Phi) is 4.83. The van der Waals surface area contributed by atoms with Crippen molar-refractivity contribution in [2.24, 2.45) is 11.1 Å². The highest BCUT2D eigenvalue weighted by Crippen LogP contribution is 2.45. The average Bonchev–Trinajstić information content (AvgIpc) is 3.04. The summed E-state index contributed by atoms with van der Waals surface area (Å²) in [4.78, 5) is 41.5. The molecule has 1 amide bonds. The fourth-order valence-electron chi connectivity index (χ4n) is 2.88. The lowest BCUT2D eigenvalue weighted by Crippen LogP contribution is -2.62. The van der Waals surface area contributed by atoms with Crippen LogP contribution in [0, 0.1) is 5.92 Å². The van der Waals surface area contributed by atoms with Gasteiger partial charge in [-0.3, -0.25) is 14.5 Å². The lowest BCUT2D eigenvalue weighted by Gasteiger charge is -2.49. The molecule has 0 bridgehead atoms. The molecule has 0 spiro atoms. The second-order valence-corrected chi connectivity index (χ2v) is 7.54. The van der Waals surface area contributed by atoms with Gasteiger partial charge in [0.25, 0.3) is 0 Å². The highest BCUT2D eigenvalue weighted by Gasteiger charge is 2.53. The lowest BCUT2D eigenvalue weighted by atomic mass is 9.89. The molecule has 11 heteroatoms. The van der Waals surface area contributed by atoms with E-state index in [9.17, 15) is 19.5 Å². The van der Waals surface area contributed by atoms with Gasteiger partial charge in [-0.2, -0.15) is 0 Å². The zero-order valence-corrected chi connectivity index (χ0v) is 14.9. The summed E-state index contributed by atoms with van der Waals surface area (Å²) < 4.78 is 0. The van der Waals surface area contributed by atoms with Crippen LogP contribution in [-0.4, -0.2) is 54.7 Å². The second kappa shape index (κ2) is 6.92. The number of nitrogens with two attached hydrogens (primary N) is 1. The Morgan fingerprint density at radius 2 is 2.27 bits per heavy atom. The maximum atomic E-state index is 12.5. The number of oxime groups is 1. The Balaban J connectivity index is 1.78. The van der Waals surface area contributed by atoms with Crippen LogP contribution < -0.4 is 5.73 Å². The van der Waals surface area contributed by atoms with Gasteiger partial charge in [-0.15, -0.1) is 23.1 Å². The largest absolute Gasteiger partial charge is 0.477 e. The average molecular weight is 394 g/mol. The van der Waals surface area contributed by atoms with Crippen LogP contribution in [-0.2, 0) is 14.4 Å². The van der Waals surface area contributed by atoms with Crippen LogP contribution in [0.2, 0.25) is 0 Å². The molecule has 3 rings (SSSR count). The van der Waals surface area contributed by atoms with Crippen LogP contribution in [0.3, 0.4) is 0 Å². The number of thioether (sulfide) groups is 1. The number of nitrogen functional groups attached to an aromatic ring is 1. The van der Waals surface area contributed by atoms with Crippen molar-refractivity contribution >= 4 is 51.6 Å². The fraction of sp³-hybridized carbons (Fsp3) is 0.267. The van der Waals surface area contributed by atoms with Crippen molar-refractivity contribution in [1.29, 1.82) is 0 Å². The second-order valence-electron chi connectivity index (χ2n) is 5.55. The molecule has 1 saturated heterocycles. The molecule has 26 heavy (non-hydrogen) atoms. The van der Waals surface area contributed by atoms with E-state index in [-0.39, 0.29) is 28.7 Å². The molecular formula is C15H14N4O5S2. The van der Waals surface area contributed by atoms with Gasteiger partial charge in [-0.25, -0.2) is 9.78 Å². The van der Waals surface area contributed by atoms with Gasteiger partial charge in [-0.05, 0) is 5.57 Å². The molecule has 4 N–H and O–H groups in total. The quantitative estimate of drug-likeness (QED) is 0.279. The van der Waals surface area contributed by atoms with Crippen molar-refractivity contribution < 1.29 is 24.7 Å². The number of rotatable bonds is 6. The van der Waals surface area contributed by atoms with Gasteiger partial charge in [-0.1, -0.05) is 17.8 Å². The first-order valence-electron chi connectivity index (χ1n) is 7.39. The molecule has 2 aliphatic heterocycles. The third-order valence-electron chi connectivity index (χ3n) is 4.09. The zero-order chi connectivity index (χ0) is 19.0. The molecule has 0 aromatic carbocycles. The summed E-state index contributed by atoms with van der Waals surface area (Å²) in [6, 6.07) is 0. The Hall–Kier alpha value is -2.66. The number of allylic oxidation sites excluding steroid dienone is 1. The fourth-order valence-corrected chi connectivity index (χ4v) is 4.83. The molecule has 2 atom stereocenters. The standard InChI is InChI=1S/C15H14N4O5S2/c1-2-6-4-25-13-7(12(21)19(13)11(6)14(22)23)3-9(20)10(18-24)8-5-26-15(16)17-8/h2,5,7,13,24H,1,3-4H2,(H2,16,17)(H,22,23)/b18-10-/t7-,13-/m1/s1. The summed E-state index contributed by atoms with van der Waals surface area (Å²) in [7, 11) is 0. The van der Waals surface area contributed by atoms with E-state index in [0.29, 0.717) is 11.3 Å². The minimum Gasteiger partial charge on any atom is -0.477 e. The van der Waals surface area contributed by atoms with Gasteiger partial charge < -0.3 is 16.0 Å². The monoisotopic (exact) mass is 394 g/mol. The van der Waals surface area contributed by atoms with Gasteiger partial charge in [0.15, 0.2) is 16.6 Å². The maximum Gasteiger partial charge on any atom is 0.352 e. The van der Waals surface area contributed by atoms with Gasteiger partial charge in [0.05, 0.1) is 11.3 Å². The van der Waals surface area contributed by atoms with Crippen LogP contribution >= 0.6 is 23.1 Å². The lowest BCUT2D eigenvalue weighted by molar-refractivity contribution is -0.153. The normalized spacial score (nSPS) is 22.7. The zero-order valence-electron chi connectivity index (χ0n) is 13.3. The number of β-lactam (4-membered cyclic amide) rings is 1. The molecule has 1 aromatic rings. The summed E-state index contributed by atoms with van der Waals surface area (Å²) in [5, 5.41) is 22.7. The molecule has 2 aliphatic rings. The van der Waals surface area contributed by atoms with Crippen LogP contribution in [0.4, 0.5) is 5.13 Å². The maximum absolute atomic E-state index is 12.5. The number of nitrogens with zero attached hydrogens (tertiary/aromatic N) is 3. The van der Waals surface area contributed by atoms with E-state index >= 15 is 0 Å². The van der Waals surface area contributed by atoms with Gasteiger partial charge in [0.1, 0.15) is 11.4 Å². The molecular weight excluding hydrogens is 380 g/mol. The Bertz CT molecular complexity index is 875. The van der Waals surface area contributed by atoms with Crippen LogP contribution in [0.5, 0.6) is 0 Å². The van der Waals surface area contributed by atoms with Crippen molar-refractivity contribution in [2.75, 3.05) is 11.5 Å². The third-order valence-corrected chi connectivity index (χ3v) is 6.12. The number of carbonyl (C=O) groups is 3. The summed E-state index contributed by atoms with van der Waals surface area (Å²) in [5.74, 6) is -2.54. The number of carboxylic acid groups (broad SMARTS) is 1. The number of carbonyl (C=O) groups excluding carboxylic acids is 2. The smallest absolute Gasteiger partial charge is 0.352 e. The van der Waals surface area contributed by atoms with E-state index in [1.165, 1.54) is 28.1 Å². The van der Waals surface area contributed by atoms with E-state index in [1.807, 2.05) is 0 Å². The summed E-state index contributed by atoms with van der Waals surface area (Å²) in [5.41, 5.74) is 5.75. The van der Waals surface area contributed by atoms with E-state index < -0.39 is 29.0 Å². The summed E-state index contributed by atoms with van der Waals surface area (Å²) in [6.07, 6.45) is 1.21. The molecule has 0 saturated carbocycles. The number of fused-ring (bicyclic) bond motifs is 1. The van der Waals surface area contributed by atoms with E-state index in [0.717, 1.165) is 11.3 Å². The first-order valence-corrected chi connectivity index (χ1v) is 9.32. The van der Waals surface area contributed by atoms with Crippen molar-refractivity contribution in [3.8, 4) is 0 Å². The number of Topliss-reactive ketones (excluding diaryl/α,β-unsaturated/α-hetero) is 1. The minimum absolute atomic E-state index is 0.0965. The van der Waals surface area contributed by atoms with Crippen molar-refractivity contribution in [3.05, 3.63) is 35.0 Å². The van der Waals surface area contributed by atoms with Gasteiger partial charge in [0, 0.05) is 17.6 Å². The van der Waals surface area contributed by atoms with E-state index in [1.54, 1.807) is 0 Å². The van der Waals surface area contributed by atoms with Gasteiger partial charge >= 0.3 is 5.97 Å². The summed E-state index contributed by atoms with van der Waals surface area (Å²) in [6.45, 7) is 3.58. The van der Waals surface area contributed by atoms with Crippen LogP contribution in [0.15, 0.2) is 34.5 Å². The van der Waals surface area contributed by atoms with Crippen molar-refractivity contribution in [3.63, 3.8) is 0 Å². The number of aliphatic carboxylic acids is 1. The molecule has 1 aromatic heterocycles. The van der Waals surface area contributed by atoms with E-state index in [4.69, 9.17) is 10.9 Å². The Labute approximate surface area is 155 Å². The predicted octanol–water partition coefficient (Wildman–Crippen LogP) is 0.919. The van der Waals surface area contributed by atoms with Crippen LogP contribution in [0.25, 0.3) is 0 Å². The number of hydrogen-bond acceptors (Lipinski definition) is 9. The Morgan fingerprint density at radius 3 is 2.81 bits per heavy atom. The molecule has 136 valence electrons. The molecule has 0 aliphatic carbocycles. The number of ketones is 1. The molecule has 9 nitrogen and oxygen atoms in total. The summed E-state index contributed by atoms with van der Waals surface area (Å²) >= 11 is 2.46. The first kappa shape index (κ1) is 18.1. The van der Waals surface area contributed by atoms with Crippen molar-refractivity contribution in [1.82, 2.24) is 9.88 Å². The minimum atomic E-state index is -1.21. The van der Waals surface area contributed by atoms with Crippen molar-refractivity contribution in [2.45, 2.75) is 11.8 Å². The molecule has 3 heterocycles. The Morgan fingerprint density at radius 1 is 1.54 bits per heavy atom. The predicted molar refractivity (Wildman–Crippen MR) is 95.9 cm³/mol. The first-order chi connectivity index (χ1) is 12.4. The molecule has 0 unspecified atom stereocenters. The SMILES string of the molecule is C=CC1=C(C(=O)O)N2C(=O)[C@@H](CC(=O)/C(=N\O)c3csc(N)n3)[C@H]2SC1. The third kappa shape index (κ3) is 2.88. The van der Waals surface area contributed by atoms with E-state index in [2.05, 4.69) is 16.7 Å². The number of hydrogen-bond donors (Lipinski definition) is 3.